The fourth-order valence-corrected chi connectivity index (χ4v) is 3.64. The van der Waals surface area contributed by atoms with E-state index in [9.17, 15) is 4.39 Å². The molecule has 0 saturated carbocycles. The summed E-state index contributed by atoms with van der Waals surface area (Å²) in [5.41, 5.74) is 8.25. The van der Waals surface area contributed by atoms with Gasteiger partial charge in [0.25, 0.3) is 0 Å². The van der Waals surface area contributed by atoms with Crippen molar-refractivity contribution in [1.82, 2.24) is 4.98 Å². The first-order valence-corrected chi connectivity index (χ1v) is 9.08. The van der Waals surface area contributed by atoms with E-state index in [-0.39, 0.29) is 5.82 Å². The Hall–Kier alpha value is -3.46. The second-order valence-corrected chi connectivity index (χ2v) is 6.71. The molecule has 1 aromatic carbocycles. The molecular weight excluding hydrogens is 358 g/mol. The number of para-hydroxylation sites is 1. The number of nitrogens with two attached hydrogens (primary N) is 1. The molecule has 0 radical (unpaired) electrons. The van der Waals surface area contributed by atoms with E-state index in [2.05, 4.69) is 17.1 Å². The quantitative estimate of drug-likeness (QED) is 0.558. The van der Waals surface area contributed by atoms with Crippen LogP contribution >= 0.6 is 0 Å². The monoisotopic (exact) mass is 376 g/mol. The highest BCUT2D eigenvalue weighted by Gasteiger charge is 2.29. The summed E-state index contributed by atoms with van der Waals surface area (Å²) in [4.78, 5) is 5.44. The number of anilines is 3. The van der Waals surface area contributed by atoms with Crippen molar-refractivity contribution in [2.45, 2.75) is 25.7 Å². The van der Waals surface area contributed by atoms with Gasteiger partial charge >= 0.3 is 0 Å². The number of hydrogen-bond donors (Lipinski definition) is 1. The summed E-state index contributed by atoms with van der Waals surface area (Å²) in [5.74, 6) is -2.20. The van der Waals surface area contributed by atoms with Gasteiger partial charge in [0.05, 0.1) is 11.4 Å². The number of fused-ring (bicyclic) bond motifs is 1. The largest absolute Gasteiger partial charge is 0.395 e. The van der Waals surface area contributed by atoms with Gasteiger partial charge in [-0.2, -0.15) is 14.6 Å². The standard InChI is InChI=1S/C22H18F2N4/c23-19-20(26)16(13-25)21(24)27-22(19)28-17-9-4-2-1-3-7-14(17)11-12-15-8-5-6-10-18(15)28/h1,3-6,8-10H,2,7,11-12H2,(H2,26,27)/b3-1-,9-4-. The van der Waals surface area contributed by atoms with Gasteiger partial charge in [-0.3, -0.25) is 4.90 Å². The van der Waals surface area contributed by atoms with E-state index in [4.69, 9.17) is 11.0 Å². The van der Waals surface area contributed by atoms with Gasteiger partial charge < -0.3 is 5.73 Å². The molecule has 28 heavy (non-hydrogen) atoms. The average molecular weight is 376 g/mol. The van der Waals surface area contributed by atoms with Crippen LogP contribution in [0.15, 0.2) is 59.8 Å². The van der Waals surface area contributed by atoms with Crippen molar-refractivity contribution >= 4 is 17.2 Å². The Labute approximate surface area is 161 Å². The molecular formula is C22H18F2N4. The Morgan fingerprint density at radius 3 is 2.75 bits per heavy atom. The van der Waals surface area contributed by atoms with Gasteiger partial charge in [-0.1, -0.05) is 36.4 Å². The molecule has 0 unspecified atom stereocenters. The van der Waals surface area contributed by atoms with E-state index in [0.717, 1.165) is 48.2 Å². The van der Waals surface area contributed by atoms with Crippen molar-refractivity contribution in [3.8, 4) is 6.07 Å². The van der Waals surface area contributed by atoms with Gasteiger partial charge in [0.2, 0.25) is 5.95 Å². The zero-order chi connectivity index (χ0) is 19.7. The summed E-state index contributed by atoms with van der Waals surface area (Å²) in [7, 11) is 0. The maximum atomic E-state index is 15.2. The molecule has 4 nitrogen and oxygen atoms in total. The molecule has 4 rings (SSSR count). The molecule has 1 aromatic heterocycles. The maximum absolute atomic E-state index is 15.2. The van der Waals surface area contributed by atoms with E-state index in [1.807, 2.05) is 36.4 Å². The zero-order valence-electron chi connectivity index (χ0n) is 15.1. The van der Waals surface area contributed by atoms with E-state index in [0.29, 0.717) is 0 Å². The fourth-order valence-electron chi connectivity index (χ4n) is 3.64. The Bertz CT molecular complexity index is 1080. The zero-order valence-corrected chi connectivity index (χ0v) is 15.1. The Morgan fingerprint density at radius 2 is 1.93 bits per heavy atom. The van der Waals surface area contributed by atoms with Crippen molar-refractivity contribution in [2.75, 3.05) is 10.6 Å². The van der Waals surface area contributed by atoms with E-state index in [1.165, 1.54) is 0 Å². The molecule has 1 aliphatic carbocycles. The number of benzene rings is 1. The molecule has 0 saturated heterocycles. The average Bonchev–Trinajstić information content (AvgIpc) is 2.82. The van der Waals surface area contributed by atoms with Crippen molar-refractivity contribution in [3.63, 3.8) is 0 Å². The van der Waals surface area contributed by atoms with Crippen LogP contribution < -0.4 is 10.6 Å². The van der Waals surface area contributed by atoms with Crippen LogP contribution in [0.3, 0.4) is 0 Å². The summed E-state index contributed by atoms with van der Waals surface area (Å²) in [6, 6.07) is 9.20. The number of allylic oxidation sites excluding steroid dienone is 5. The second-order valence-electron chi connectivity index (χ2n) is 6.71. The lowest BCUT2D eigenvalue weighted by molar-refractivity contribution is 0.560. The minimum absolute atomic E-state index is 0.231. The third kappa shape index (κ3) is 2.95. The van der Waals surface area contributed by atoms with Crippen LogP contribution in [-0.2, 0) is 6.42 Å². The summed E-state index contributed by atoms with van der Waals surface area (Å²) in [5, 5.41) is 9.07. The summed E-state index contributed by atoms with van der Waals surface area (Å²) < 4.78 is 29.6. The number of nitrogen functional groups attached to an aromatic ring is 1. The molecule has 140 valence electrons. The van der Waals surface area contributed by atoms with Crippen LogP contribution in [0.1, 0.15) is 30.4 Å². The highest BCUT2D eigenvalue weighted by atomic mass is 19.1. The van der Waals surface area contributed by atoms with Gasteiger partial charge in [0.15, 0.2) is 11.6 Å². The molecule has 0 spiro atoms. The predicted molar refractivity (Wildman–Crippen MR) is 105 cm³/mol. The smallest absolute Gasteiger partial charge is 0.235 e. The molecule has 2 heterocycles. The summed E-state index contributed by atoms with van der Waals surface area (Å²) in [6.45, 7) is 0. The van der Waals surface area contributed by atoms with Crippen molar-refractivity contribution in [3.05, 3.63) is 82.7 Å². The van der Waals surface area contributed by atoms with Crippen LogP contribution in [0.2, 0.25) is 0 Å². The van der Waals surface area contributed by atoms with Gasteiger partial charge in [-0.25, -0.2) is 4.39 Å². The lowest BCUT2D eigenvalue weighted by Crippen LogP contribution is -2.21. The molecule has 0 atom stereocenters. The lowest BCUT2D eigenvalue weighted by Gasteiger charge is -2.28. The number of pyridine rings is 1. The minimum Gasteiger partial charge on any atom is -0.395 e. The molecule has 2 aromatic rings. The highest BCUT2D eigenvalue weighted by molar-refractivity contribution is 5.75. The maximum Gasteiger partial charge on any atom is 0.235 e. The number of aromatic nitrogens is 1. The van der Waals surface area contributed by atoms with Crippen LogP contribution in [0, 0.1) is 23.1 Å². The second kappa shape index (κ2) is 7.28. The Balaban J connectivity index is 2.02. The highest BCUT2D eigenvalue weighted by Crippen LogP contribution is 2.41. The third-order valence-electron chi connectivity index (χ3n) is 5.05. The molecule has 0 bridgehead atoms. The molecule has 6 heteroatoms. The van der Waals surface area contributed by atoms with Crippen LogP contribution in [0.5, 0.6) is 0 Å². The summed E-state index contributed by atoms with van der Waals surface area (Å²) in [6.07, 6.45) is 11.1. The van der Waals surface area contributed by atoms with Gasteiger partial charge in [-0.05, 0) is 49.0 Å². The number of nitriles is 1. The number of rotatable bonds is 1. The third-order valence-corrected chi connectivity index (χ3v) is 5.05. The Kier molecular flexibility index (Phi) is 4.66. The van der Waals surface area contributed by atoms with E-state index in [1.54, 1.807) is 11.0 Å². The lowest BCUT2D eigenvalue weighted by atomic mass is 10.0. The SMILES string of the molecule is N#Cc1c(F)nc(N2C3=C(C/C=C\C/C=C\3)CCc3ccccc32)c(F)c1N. The Morgan fingerprint density at radius 1 is 1.11 bits per heavy atom. The fraction of sp³-hybridized carbons (Fsp3) is 0.182. The normalized spacial score (nSPS) is 18.2. The van der Waals surface area contributed by atoms with Crippen molar-refractivity contribution in [2.24, 2.45) is 0 Å². The molecule has 0 amide bonds. The first kappa shape index (κ1) is 17.9. The number of nitrogens with zero attached hydrogens (tertiary/aromatic N) is 3. The number of halogens is 2. The van der Waals surface area contributed by atoms with E-state index < -0.39 is 23.0 Å². The predicted octanol–water partition coefficient (Wildman–Crippen LogP) is 5.06. The first-order valence-electron chi connectivity index (χ1n) is 9.08. The number of aryl methyl sites for hydroxylation is 1. The molecule has 2 N–H and O–H groups in total. The van der Waals surface area contributed by atoms with E-state index >= 15 is 4.39 Å². The summed E-state index contributed by atoms with van der Waals surface area (Å²) >= 11 is 0. The van der Waals surface area contributed by atoms with Gasteiger partial charge in [-0.15, -0.1) is 0 Å². The van der Waals surface area contributed by atoms with Crippen LogP contribution in [0.25, 0.3) is 0 Å². The molecule has 1 aliphatic heterocycles. The first-order chi connectivity index (χ1) is 13.6. The minimum atomic E-state index is -1.07. The van der Waals surface area contributed by atoms with Crippen LogP contribution in [0.4, 0.5) is 26.0 Å². The van der Waals surface area contributed by atoms with Gasteiger partial charge in [0, 0.05) is 5.70 Å². The molecule has 2 aliphatic rings. The van der Waals surface area contributed by atoms with Gasteiger partial charge in [0.1, 0.15) is 11.6 Å². The van der Waals surface area contributed by atoms with Crippen LogP contribution in [-0.4, -0.2) is 4.98 Å². The number of hydrogen-bond acceptors (Lipinski definition) is 4. The van der Waals surface area contributed by atoms with Crippen molar-refractivity contribution < 1.29 is 8.78 Å². The molecule has 0 fully saturated rings. The topological polar surface area (TPSA) is 65.9 Å². The van der Waals surface area contributed by atoms with Crippen molar-refractivity contribution in [1.29, 1.82) is 5.26 Å².